The van der Waals surface area contributed by atoms with Gasteiger partial charge in [-0.15, -0.1) is 0 Å². The molecular formula is C11H15ClN2OS. The van der Waals surface area contributed by atoms with Gasteiger partial charge in [-0.25, -0.2) is 4.98 Å². The second-order valence-corrected chi connectivity index (χ2v) is 5.78. The Morgan fingerprint density at radius 2 is 2.38 bits per heavy atom. The lowest BCUT2D eigenvalue weighted by molar-refractivity contribution is 0.112. The van der Waals surface area contributed by atoms with Crippen molar-refractivity contribution < 1.29 is 4.79 Å². The molecule has 1 saturated heterocycles. The molecule has 0 spiro atoms. The highest BCUT2D eigenvalue weighted by molar-refractivity contribution is 7.17. The largest absolute Gasteiger partial charge is 0.345 e. The third-order valence-corrected chi connectivity index (χ3v) is 4.44. The van der Waals surface area contributed by atoms with E-state index in [1.54, 1.807) is 0 Å². The molecule has 1 aromatic rings. The van der Waals surface area contributed by atoms with E-state index in [1.807, 2.05) is 0 Å². The molecule has 0 radical (unpaired) electrons. The Morgan fingerprint density at radius 3 is 2.94 bits per heavy atom. The predicted molar refractivity (Wildman–Crippen MR) is 67.7 cm³/mol. The molecule has 0 amide bonds. The summed E-state index contributed by atoms with van der Waals surface area (Å²) in [5.41, 5.74) is 0. The molecule has 2 heterocycles. The monoisotopic (exact) mass is 258 g/mol. The van der Waals surface area contributed by atoms with Crippen LogP contribution in [0.3, 0.4) is 0 Å². The summed E-state index contributed by atoms with van der Waals surface area (Å²) in [6.45, 7) is 5.46. The summed E-state index contributed by atoms with van der Waals surface area (Å²) in [6.07, 6.45) is 3.17. The van der Waals surface area contributed by atoms with Crippen molar-refractivity contribution in [2.24, 2.45) is 5.92 Å². The fraction of sp³-hybridized carbons (Fsp3) is 0.636. The van der Waals surface area contributed by atoms with Gasteiger partial charge in [0.1, 0.15) is 4.88 Å². The number of aromatic nitrogens is 1. The topological polar surface area (TPSA) is 33.2 Å². The minimum absolute atomic E-state index is 0.337. The molecule has 1 unspecified atom stereocenters. The van der Waals surface area contributed by atoms with Gasteiger partial charge in [0.15, 0.2) is 16.6 Å². The number of rotatable bonds is 3. The third kappa shape index (κ3) is 2.09. The number of hydrogen-bond donors (Lipinski definition) is 0. The van der Waals surface area contributed by atoms with Crippen LogP contribution in [0.1, 0.15) is 36.4 Å². The first kappa shape index (κ1) is 11.9. The minimum Gasteiger partial charge on any atom is -0.345 e. The zero-order valence-electron chi connectivity index (χ0n) is 9.44. The zero-order valence-corrected chi connectivity index (χ0v) is 11.0. The molecule has 3 nitrogen and oxygen atoms in total. The molecule has 0 aromatic carbocycles. The van der Waals surface area contributed by atoms with E-state index in [0.717, 1.165) is 18.0 Å². The number of nitrogens with zero attached hydrogens (tertiary/aromatic N) is 2. The predicted octanol–water partition coefficient (Wildman–Crippen LogP) is 3.23. The molecule has 2 rings (SSSR count). The first-order valence-electron chi connectivity index (χ1n) is 5.51. The lowest BCUT2D eigenvalue weighted by Crippen LogP contribution is -2.33. The van der Waals surface area contributed by atoms with Crippen LogP contribution in [0.5, 0.6) is 0 Å². The molecule has 16 heavy (non-hydrogen) atoms. The van der Waals surface area contributed by atoms with Crippen molar-refractivity contribution >= 4 is 34.4 Å². The van der Waals surface area contributed by atoms with Crippen LogP contribution >= 0.6 is 22.9 Å². The molecule has 0 saturated carbocycles. The average molecular weight is 259 g/mol. The van der Waals surface area contributed by atoms with Crippen molar-refractivity contribution in [3.8, 4) is 0 Å². The van der Waals surface area contributed by atoms with E-state index in [2.05, 4.69) is 23.7 Å². The van der Waals surface area contributed by atoms with E-state index in [9.17, 15) is 4.79 Å². The van der Waals surface area contributed by atoms with E-state index >= 15 is 0 Å². The van der Waals surface area contributed by atoms with Gasteiger partial charge < -0.3 is 4.90 Å². The number of carbonyl (C=O) groups excluding carboxylic acids is 1. The fourth-order valence-corrected chi connectivity index (χ4v) is 3.37. The van der Waals surface area contributed by atoms with Gasteiger partial charge in [-0.3, -0.25) is 4.79 Å². The second kappa shape index (κ2) is 4.72. The highest BCUT2D eigenvalue weighted by atomic mass is 35.5. The lowest BCUT2D eigenvalue weighted by Gasteiger charge is -2.26. The van der Waals surface area contributed by atoms with Gasteiger partial charge in [-0.2, -0.15) is 0 Å². The number of hydrogen-bond acceptors (Lipinski definition) is 4. The number of halogens is 1. The van der Waals surface area contributed by atoms with Crippen LogP contribution in [-0.2, 0) is 0 Å². The molecule has 1 aliphatic rings. The molecular weight excluding hydrogens is 244 g/mol. The second-order valence-electron chi connectivity index (χ2n) is 4.42. The van der Waals surface area contributed by atoms with Crippen LogP contribution in [0.2, 0.25) is 5.15 Å². The molecule has 0 bridgehead atoms. The van der Waals surface area contributed by atoms with Crippen LogP contribution in [0.25, 0.3) is 0 Å². The van der Waals surface area contributed by atoms with Crippen molar-refractivity contribution in [2.75, 3.05) is 11.4 Å². The maximum Gasteiger partial charge on any atom is 0.187 e. The summed E-state index contributed by atoms with van der Waals surface area (Å²) in [4.78, 5) is 17.8. The van der Waals surface area contributed by atoms with Crippen molar-refractivity contribution in [2.45, 2.75) is 32.7 Å². The molecule has 1 fully saturated rings. The summed E-state index contributed by atoms with van der Waals surface area (Å²) in [5.74, 6) is 0.602. The quantitative estimate of drug-likeness (QED) is 0.781. The number of thiazole rings is 1. The SMILES string of the molecule is CC(C)C1CCCN1c1nc(Cl)c(C=O)s1. The normalized spacial score (nSPS) is 20.8. The maximum atomic E-state index is 10.7. The summed E-state index contributed by atoms with van der Waals surface area (Å²) in [5, 5.41) is 1.23. The Labute approximate surface area is 104 Å². The standard InChI is InChI=1S/C11H15ClN2OS/c1-7(2)8-4-3-5-14(8)11-13-10(12)9(6-15)16-11/h6-8H,3-5H2,1-2H3. The number of anilines is 1. The van der Waals surface area contributed by atoms with Gasteiger partial charge >= 0.3 is 0 Å². The summed E-state index contributed by atoms with van der Waals surface area (Å²) < 4.78 is 0. The Bertz CT molecular complexity index is 391. The van der Waals surface area contributed by atoms with E-state index < -0.39 is 0 Å². The fourth-order valence-electron chi connectivity index (χ4n) is 2.22. The van der Waals surface area contributed by atoms with Gasteiger partial charge in [-0.1, -0.05) is 36.8 Å². The highest BCUT2D eigenvalue weighted by Gasteiger charge is 2.29. The minimum atomic E-state index is 0.337. The first-order chi connectivity index (χ1) is 7.63. The van der Waals surface area contributed by atoms with Gasteiger partial charge in [0.25, 0.3) is 0 Å². The molecule has 5 heteroatoms. The van der Waals surface area contributed by atoms with Crippen LogP contribution in [0, 0.1) is 5.92 Å². The van der Waals surface area contributed by atoms with Crippen LogP contribution in [0.4, 0.5) is 5.13 Å². The van der Waals surface area contributed by atoms with E-state index in [-0.39, 0.29) is 0 Å². The Balaban J connectivity index is 2.25. The molecule has 88 valence electrons. The highest BCUT2D eigenvalue weighted by Crippen LogP contribution is 2.35. The molecule has 1 aromatic heterocycles. The van der Waals surface area contributed by atoms with E-state index in [0.29, 0.717) is 22.0 Å². The van der Waals surface area contributed by atoms with Gasteiger partial charge in [0, 0.05) is 12.6 Å². The Morgan fingerprint density at radius 1 is 1.62 bits per heavy atom. The van der Waals surface area contributed by atoms with Crippen molar-refractivity contribution in [3.63, 3.8) is 0 Å². The number of carbonyl (C=O) groups is 1. The molecule has 0 aliphatic carbocycles. The average Bonchev–Trinajstić information content (AvgIpc) is 2.82. The van der Waals surface area contributed by atoms with Gasteiger partial charge in [-0.05, 0) is 18.8 Å². The Hall–Kier alpha value is -0.610. The van der Waals surface area contributed by atoms with Crippen LogP contribution in [0.15, 0.2) is 0 Å². The van der Waals surface area contributed by atoms with E-state index in [4.69, 9.17) is 11.6 Å². The van der Waals surface area contributed by atoms with Crippen LogP contribution in [-0.4, -0.2) is 23.9 Å². The first-order valence-corrected chi connectivity index (χ1v) is 6.71. The zero-order chi connectivity index (χ0) is 11.7. The summed E-state index contributed by atoms with van der Waals surface area (Å²) in [7, 11) is 0. The summed E-state index contributed by atoms with van der Waals surface area (Å²) in [6, 6.07) is 0.529. The maximum absolute atomic E-state index is 10.7. The molecule has 0 N–H and O–H groups in total. The van der Waals surface area contributed by atoms with Crippen molar-refractivity contribution in [1.29, 1.82) is 0 Å². The van der Waals surface area contributed by atoms with E-state index in [1.165, 1.54) is 24.2 Å². The third-order valence-electron chi connectivity index (χ3n) is 3.02. The smallest absolute Gasteiger partial charge is 0.187 e. The van der Waals surface area contributed by atoms with Gasteiger partial charge in [0.05, 0.1) is 0 Å². The summed E-state index contributed by atoms with van der Waals surface area (Å²) >= 11 is 7.28. The van der Waals surface area contributed by atoms with Crippen molar-refractivity contribution in [1.82, 2.24) is 4.98 Å². The Kier molecular flexibility index (Phi) is 3.50. The molecule has 1 atom stereocenters. The van der Waals surface area contributed by atoms with Crippen LogP contribution < -0.4 is 4.90 Å². The number of aldehydes is 1. The van der Waals surface area contributed by atoms with Crippen molar-refractivity contribution in [3.05, 3.63) is 10.0 Å². The molecule has 1 aliphatic heterocycles. The van der Waals surface area contributed by atoms with Gasteiger partial charge in [0.2, 0.25) is 0 Å². The lowest BCUT2D eigenvalue weighted by atomic mass is 10.0.